The van der Waals surface area contributed by atoms with Crippen LogP contribution in [-0.4, -0.2) is 36.4 Å². The van der Waals surface area contributed by atoms with Gasteiger partial charge in [-0.3, -0.25) is 4.79 Å². The molecule has 1 saturated heterocycles. The van der Waals surface area contributed by atoms with Gasteiger partial charge in [0.05, 0.1) is 11.5 Å². The Morgan fingerprint density at radius 1 is 1.13 bits per heavy atom. The van der Waals surface area contributed by atoms with E-state index in [9.17, 15) is 9.90 Å². The van der Waals surface area contributed by atoms with E-state index in [1.807, 2.05) is 24.3 Å². The number of carbonyl (C=O) groups excluding carboxylic acids is 1. The van der Waals surface area contributed by atoms with Gasteiger partial charge < -0.3 is 15.2 Å². The zero-order valence-electron chi connectivity index (χ0n) is 13.3. The average molecular weight is 338 g/mol. The van der Waals surface area contributed by atoms with E-state index in [2.05, 4.69) is 5.32 Å². The van der Waals surface area contributed by atoms with Gasteiger partial charge in [-0.05, 0) is 56.2 Å². The van der Waals surface area contributed by atoms with Gasteiger partial charge in [0.15, 0.2) is 0 Å². The van der Waals surface area contributed by atoms with Crippen molar-refractivity contribution in [1.82, 2.24) is 5.32 Å². The molecule has 1 aliphatic carbocycles. The SMILES string of the molecule is O=C(NC1CCC(O)CC1)C1(c2ccc(Cl)cc2)CCOCC1. The fraction of sp³-hybridized carbons (Fsp3) is 0.611. The molecular formula is C18H24ClNO3. The summed E-state index contributed by atoms with van der Waals surface area (Å²) in [6.07, 6.45) is 4.40. The molecule has 0 radical (unpaired) electrons. The van der Waals surface area contributed by atoms with Crippen molar-refractivity contribution in [2.75, 3.05) is 13.2 Å². The number of hydrogen-bond acceptors (Lipinski definition) is 3. The summed E-state index contributed by atoms with van der Waals surface area (Å²) in [5.74, 6) is 0.0875. The molecule has 1 aliphatic heterocycles. The highest BCUT2D eigenvalue weighted by Gasteiger charge is 2.42. The van der Waals surface area contributed by atoms with Crippen molar-refractivity contribution in [2.45, 2.75) is 56.1 Å². The molecule has 5 heteroatoms. The number of amides is 1. The van der Waals surface area contributed by atoms with Crippen molar-refractivity contribution in [2.24, 2.45) is 0 Å². The highest BCUT2D eigenvalue weighted by Crippen LogP contribution is 2.36. The quantitative estimate of drug-likeness (QED) is 0.891. The molecule has 0 atom stereocenters. The smallest absolute Gasteiger partial charge is 0.231 e. The Balaban J connectivity index is 1.78. The third-order valence-corrected chi connectivity index (χ3v) is 5.46. The predicted molar refractivity (Wildman–Crippen MR) is 89.6 cm³/mol. The molecule has 1 aromatic carbocycles. The molecule has 2 N–H and O–H groups in total. The zero-order valence-corrected chi connectivity index (χ0v) is 14.0. The number of benzene rings is 1. The number of aliphatic hydroxyl groups excluding tert-OH is 1. The van der Waals surface area contributed by atoms with Gasteiger partial charge >= 0.3 is 0 Å². The summed E-state index contributed by atoms with van der Waals surface area (Å²) in [5.41, 5.74) is 0.484. The fourth-order valence-corrected chi connectivity index (χ4v) is 3.81. The monoisotopic (exact) mass is 337 g/mol. The van der Waals surface area contributed by atoms with Crippen molar-refractivity contribution in [3.8, 4) is 0 Å². The maximum absolute atomic E-state index is 13.1. The number of nitrogens with one attached hydrogen (secondary N) is 1. The normalized spacial score (nSPS) is 27.4. The third kappa shape index (κ3) is 3.70. The summed E-state index contributed by atoms with van der Waals surface area (Å²) in [5, 5.41) is 13.5. The van der Waals surface area contributed by atoms with Crippen LogP contribution in [0.15, 0.2) is 24.3 Å². The van der Waals surface area contributed by atoms with Crippen molar-refractivity contribution < 1.29 is 14.6 Å². The van der Waals surface area contributed by atoms with Gasteiger partial charge in [0.2, 0.25) is 5.91 Å². The van der Waals surface area contributed by atoms with E-state index in [-0.39, 0.29) is 18.1 Å². The molecule has 4 nitrogen and oxygen atoms in total. The van der Waals surface area contributed by atoms with Crippen LogP contribution in [0.3, 0.4) is 0 Å². The first-order valence-corrected chi connectivity index (χ1v) is 8.81. The Hall–Kier alpha value is -1.10. The lowest BCUT2D eigenvalue weighted by atomic mass is 9.73. The maximum atomic E-state index is 13.1. The highest BCUT2D eigenvalue weighted by molar-refractivity contribution is 6.30. The summed E-state index contributed by atoms with van der Waals surface area (Å²) < 4.78 is 5.49. The molecule has 0 unspecified atom stereocenters. The van der Waals surface area contributed by atoms with Gasteiger partial charge in [-0.15, -0.1) is 0 Å². The van der Waals surface area contributed by atoms with Gasteiger partial charge in [-0.2, -0.15) is 0 Å². The molecule has 1 heterocycles. The number of ether oxygens (including phenoxy) is 1. The average Bonchev–Trinajstić information content (AvgIpc) is 2.58. The standard InChI is InChI=1S/C18H24ClNO3/c19-14-3-1-13(2-4-14)18(9-11-23-12-10-18)17(22)20-15-5-7-16(21)8-6-15/h1-4,15-16,21H,5-12H2,(H,20,22). The Morgan fingerprint density at radius 2 is 1.74 bits per heavy atom. The van der Waals surface area contributed by atoms with E-state index in [0.29, 0.717) is 31.1 Å². The summed E-state index contributed by atoms with van der Waals surface area (Å²) in [6, 6.07) is 7.77. The number of aliphatic hydroxyl groups is 1. The van der Waals surface area contributed by atoms with Gasteiger partial charge in [-0.1, -0.05) is 23.7 Å². The van der Waals surface area contributed by atoms with Crippen molar-refractivity contribution >= 4 is 17.5 Å². The molecule has 2 aliphatic rings. The lowest BCUT2D eigenvalue weighted by molar-refractivity contribution is -0.131. The van der Waals surface area contributed by atoms with Crippen LogP contribution < -0.4 is 5.32 Å². The summed E-state index contributed by atoms with van der Waals surface area (Å²) in [4.78, 5) is 13.1. The van der Waals surface area contributed by atoms with E-state index in [1.165, 1.54) is 0 Å². The molecule has 0 spiro atoms. The van der Waals surface area contributed by atoms with E-state index < -0.39 is 5.41 Å². The van der Waals surface area contributed by atoms with Crippen molar-refractivity contribution in [1.29, 1.82) is 0 Å². The molecule has 3 rings (SSSR count). The number of hydrogen-bond donors (Lipinski definition) is 2. The number of carbonyl (C=O) groups is 1. The molecule has 23 heavy (non-hydrogen) atoms. The second-order valence-electron chi connectivity index (χ2n) is 6.68. The lowest BCUT2D eigenvalue weighted by Crippen LogP contribution is -2.51. The lowest BCUT2D eigenvalue weighted by Gasteiger charge is -2.38. The first-order valence-electron chi connectivity index (χ1n) is 8.43. The molecule has 1 amide bonds. The van der Waals surface area contributed by atoms with Gasteiger partial charge in [0, 0.05) is 24.3 Å². The topological polar surface area (TPSA) is 58.6 Å². The Kier molecular flexibility index (Phi) is 5.24. The predicted octanol–water partition coefficient (Wildman–Crippen LogP) is 2.81. The van der Waals surface area contributed by atoms with Crippen LogP contribution in [0.2, 0.25) is 5.02 Å². The summed E-state index contributed by atoms with van der Waals surface area (Å²) in [7, 11) is 0. The van der Waals surface area contributed by atoms with Crippen LogP contribution in [0, 0.1) is 0 Å². The first kappa shape index (κ1) is 16.7. The van der Waals surface area contributed by atoms with Gasteiger partial charge in [0.25, 0.3) is 0 Å². The molecule has 1 saturated carbocycles. The molecule has 1 aromatic rings. The largest absolute Gasteiger partial charge is 0.393 e. The second kappa shape index (κ2) is 7.20. The fourth-order valence-electron chi connectivity index (χ4n) is 3.68. The van der Waals surface area contributed by atoms with Crippen LogP contribution in [0.4, 0.5) is 0 Å². The van der Waals surface area contributed by atoms with E-state index in [4.69, 9.17) is 16.3 Å². The highest BCUT2D eigenvalue weighted by atomic mass is 35.5. The number of halogens is 1. The molecule has 2 fully saturated rings. The van der Waals surface area contributed by atoms with Gasteiger partial charge in [-0.25, -0.2) is 0 Å². The van der Waals surface area contributed by atoms with Crippen LogP contribution in [-0.2, 0) is 14.9 Å². The van der Waals surface area contributed by atoms with Crippen LogP contribution in [0.1, 0.15) is 44.1 Å². The van der Waals surface area contributed by atoms with Crippen LogP contribution in [0.25, 0.3) is 0 Å². The number of rotatable bonds is 3. The molecule has 0 bridgehead atoms. The van der Waals surface area contributed by atoms with E-state index in [1.54, 1.807) is 0 Å². The van der Waals surface area contributed by atoms with Crippen LogP contribution in [0.5, 0.6) is 0 Å². The maximum Gasteiger partial charge on any atom is 0.231 e. The minimum atomic E-state index is -0.529. The Morgan fingerprint density at radius 3 is 2.35 bits per heavy atom. The second-order valence-corrected chi connectivity index (χ2v) is 7.12. The Bertz CT molecular complexity index is 532. The van der Waals surface area contributed by atoms with Crippen molar-refractivity contribution in [3.05, 3.63) is 34.9 Å². The molecular weight excluding hydrogens is 314 g/mol. The van der Waals surface area contributed by atoms with Crippen LogP contribution >= 0.6 is 11.6 Å². The zero-order chi connectivity index (χ0) is 16.3. The first-order chi connectivity index (χ1) is 11.1. The van der Waals surface area contributed by atoms with Gasteiger partial charge in [0.1, 0.15) is 0 Å². The minimum Gasteiger partial charge on any atom is -0.393 e. The Labute approximate surface area is 142 Å². The van der Waals surface area contributed by atoms with E-state index >= 15 is 0 Å². The molecule has 0 aromatic heterocycles. The van der Waals surface area contributed by atoms with Crippen molar-refractivity contribution in [3.63, 3.8) is 0 Å². The summed E-state index contributed by atoms with van der Waals surface area (Å²) >= 11 is 6.00. The summed E-state index contributed by atoms with van der Waals surface area (Å²) in [6.45, 7) is 1.19. The van der Waals surface area contributed by atoms with E-state index in [0.717, 1.165) is 31.2 Å². The molecule has 126 valence electrons. The minimum absolute atomic E-state index is 0.0875. The third-order valence-electron chi connectivity index (χ3n) is 5.21.